The minimum atomic E-state index is -4.15. The zero-order valence-corrected chi connectivity index (χ0v) is 9.12. The van der Waals surface area contributed by atoms with E-state index < -0.39 is 28.5 Å². The monoisotopic (exact) mass is 248 g/mol. The van der Waals surface area contributed by atoms with E-state index in [1.807, 2.05) is 0 Å². The highest BCUT2D eigenvalue weighted by Gasteiger charge is 2.19. The van der Waals surface area contributed by atoms with Crippen molar-refractivity contribution in [2.45, 2.75) is 11.8 Å². The van der Waals surface area contributed by atoms with Crippen molar-refractivity contribution in [2.24, 2.45) is 0 Å². The zero-order valence-electron chi connectivity index (χ0n) is 8.31. The summed E-state index contributed by atoms with van der Waals surface area (Å²) < 4.78 is 39.9. The third kappa shape index (κ3) is 3.01. The standard InChI is InChI=1S/C9H9FO5S/c1-6-4-7(10)2-3-8(6)16(13,14)15-5-9(11)12/h2-4H,5H2,1H3,(H,11,12). The Morgan fingerprint density at radius 2 is 2.12 bits per heavy atom. The van der Waals surface area contributed by atoms with Crippen molar-refractivity contribution in [3.63, 3.8) is 0 Å². The molecular weight excluding hydrogens is 239 g/mol. The molecule has 0 aliphatic rings. The molecule has 1 N–H and O–H groups in total. The molecule has 0 radical (unpaired) electrons. The molecule has 0 spiro atoms. The number of rotatable bonds is 4. The molecule has 7 heteroatoms. The van der Waals surface area contributed by atoms with Crippen LogP contribution in [-0.2, 0) is 19.1 Å². The summed E-state index contributed by atoms with van der Waals surface area (Å²) in [5.41, 5.74) is 0.158. The molecule has 0 unspecified atom stereocenters. The molecule has 88 valence electrons. The second-order valence-corrected chi connectivity index (χ2v) is 4.60. The molecule has 1 aromatic rings. The Hall–Kier alpha value is -1.47. The third-order valence-corrected chi connectivity index (χ3v) is 3.17. The highest BCUT2D eigenvalue weighted by atomic mass is 32.2. The maximum absolute atomic E-state index is 12.7. The third-order valence-electron chi connectivity index (χ3n) is 1.74. The van der Waals surface area contributed by atoms with Crippen molar-refractivity contribution in [2.75, 3.05) is 6.61 Å². The molecule has 0 atom stereocenters. The molecule has 0 fully saturated rings. The van der Waals surface area contributed by atoms with Crippen molar-refractivity contribution in [3.05, 3.63) is 29.6 Å². The lowest BCUT2D eigenvalue weighted by molar-refractivity contribution is -0.139. The molecule has 0 aliphatic heterocycles. The van der Waals surface area contributed by atoms with Crippen molar-refractivity contribution < 1.29 is 26.9 Å². The molecule has 0 saturated heterocycles. The Balaban J connectivity index is 3.03. The Labute approximate surface area is 91.6 Å². The van der Waals surface area contributed by atoms with Crippen LogP contribution in [0.3, 0.4) is 0 Å². The highest BCUT2D eigenvalue weighted by Crippen LogP contribution is 2.18. The molecule has 5 nitrogen and oxygen atoms in total. The normalized spacial score (nSPS) is 11.4. The van der Waals surface area contributed by atoms with Gasteiger partial charge in [-0.1, -0.05) is 0 Å². The number of halogens is 1. The predicted octanol–water partition coefficient (Wildman–Crippen LogP) is 0.924. The van der Waals surface area contributed by atoms with Gasteiger partial charge in [-0.05, 0) is 30.7 Å². The van der Waals surface area contributed by atoms with Gasteiger partial charge in [-0.2, -0.15) is 8.42 Å². The summed E-state index contributed by atoms with van der Waals surface area (Å²) in [5.74, 6) is -1.97. The topological polar surface area (TPSA) is 80.7 Å². The van der Waals surface area contributed by atoms with E-state index in [0.717, 1.165) is 18.2 Å². The Morgan fingerprint density at radius 3 is 2.62 bits per heavy atom. The quantitative estimate of drug-likeness (QED) is 0.801. The fourth-order valence-corrected chi connectivity index (χ4v) is 2.16. The summed E-state index contributed by atoms with van der Waals surface area (Å²) in [6.07, 6.45) is 0. The smallest absolute Gasteiger partial charge is 0.331 e. The summed E-state index contributed by atoms with van der Waals surface area (Å²) in [6, 6.07) is 3.02. The van der Waals surface area contributed by atoms with Crippen LogP contribution in [0.1, 0.15) is 5.56 Å². The molecule has 0 heterocycles. The molecule has 0 amide bonds. The van der Waals surface area contributed by atoms with E-state index in [9.17, 15) is 17.6 Å². The Kier molecular flexibility index (Phi) is 3.61. The van der Waals surface area contributed by atoms with Crippen LogP contribution in [0.15, 0.2) is 23.1 Å². The first kappa shape index (κ1) is 12.6. The maximum Gasteiger partial charge on any atom is 0.331 e. The molecule has 0 aliphatic carbocycles. The van der Waals surface area contributed by atoms with E-state index in [1.165, 1.54) is 6.92 Å². The van der Waals surface area contributed by atoms with Gasteiger partial charge in [0.05, 0.1) is 4.90 Å². The van der Waals surface area contributed by atoms with Crippen molar-refractivity contribution in [1.82, 2.24) is 0 Å². The Bertz CT molecular complexity index is 509. The first-order valence-corrected chi connectivity index (χ1v) is 5.61. The summed E-state index contributed by atoms with van der Waals surface area (Å²) in [5, 5.41) is 8.29. The maximum atomic E-state index is 12.7. The summed E-state index contributed by atoms with van der Waals surface area (Å²) in [7, 11) is -4.15. The van der Waals surface area contributed by atoms with Gasteiger partial charge in [0.2, 0.25) is 0 Å². The van der Waals surface area contributed by atoms with Crippen molar-refractivity contribution >= 4 is 16.1 Å². The van der Waals surface area contributed by atoms with Crippen LogP contribution in [0.4, 0.5) is 4.39 Å². The van der Waals surface area contributed by atoms with Gasteiger partial charge in [-0.25, -0.2) is 9.18 Å². The fourth-order valence-electron chi connectivity index (χ4n) is 1.08. The average molecular weight is 248 g/mol. The number of carboxylic acid groups (broad SMARTS) is 1. The van der Waals surface area contributed by atoms with Gasteiger partial charge in [0.15, 0.2) is 6.61 Å². The van der Waals surface area contributed by atoms with Gasteiger partial charge in [0.1, 0.15) is 5.82 Å². The fraction of sp³-hybridized carbons (Fsp3) is 0.222. The van der Waals surface area contributed by atoms with E-state index >= 15 is 0 Å². The highest BCUT2D eigenvalue weighted by molar-refractivity contribution is 7.86. The summed E-state index contributed by atoms with van der Waals surface area (Å²) in [6.45, 7) is 0.430. The molecule has 0 aromatic heterocycles. The molecule has 1 rings (SSSR count). The lowest BCUT2D eigenvalue weighted by Crippen LogP contribution is -2.14. The minimum Gasteiger partial charge on any atom is -0.479 e. The van der Waals surface area contributed by atoms with Gasteiger partial charge in [-0.15, -0.1) is 0 Å². The lowest BCUT2D eigenvalue weighted by Gasteiger charge is -2.06. The molecule has 1 aromatic carbocycles. The second-order valence-electron chi connectivity index (χ2n) is 3.02. The minimum absolute atomic E-state index is 0.158. The number of hydrogen-bond acceptors (Lipinski definition) is 4. The largest absolute Gasteiger partial charge is 0.479 e. The van der Waals surface area contributed by atoms with Crippen LogP contribution < -0.4 is 0 Å². The van der Waals surface area contributed by atoms with Crippen LogP contribution in [0.5, 0.6) is 0 Å². The first-order valence-electron chi connectivity index (χ1n) is 4.20. The zero-order chi connectivity index (χ0) is 12.3. The summed E-state index contributed by atoms with van der Waals surface area (Å²) in [4.78, 5) is 9.93. The number of aliphatic carboxylic acids is 1. The SMILES string of the molecule is Cc1cc(F)ccc1S(=O)(=O)OCC(=O)O. The molecular formula is C9H9FO5S. The lowest BCUT2D eigenvalue weighted by atomic mass is 10.2. The average Bonchev–Trinajstić information content (AvgIpc) is 2.14. The van der Waals surface area contributed by atoms with Gasteiger partial charge < -0.3 is 5.11 Å². The first-order chi connectivity index (χ1) is 7.33. The number of hydrogen-bond donors (Lipinski definition) is 1. The van der Waals surface area contributed by atoms with E-state index in [0.29, 0.717) is 0 Å². The molecule has 0 saturated carbocycles. The predicted molar refractivity (Wildman–Crippen MR) is 51.9 cm³/mol. The second kappa shape index (κ2) is 4.58. The van der Waals surface area contributed by atoms with E-state index in [4.69, 9.17) is 5.11 Å². The van der Waals surface area contributed by atoms with Crippen LogP contribution >= 0.6 is 0 Å². The van der Waals surface area contributed by atoms with Gasteiger partial charge in [0, 0.05) is 0 Å². The summed E-state index contributed by atoms with van der Waals surface area (Å²) >= 11 is 0. The van der Waals surface area contributed by atoms with Crippen LogP contribution in [0, 0.1) is 12.7 Å². The Morgan fingerprint density at radius 1 is 1.50 bits per heavy atom. The van der Waals surface area contributed by atoms with Crippen molar-refractivity contribution in [1.29, 1.82) is 0 Å². The van der Waals surface area contributed by atoms with Crippen molar-refractivity contribution in [3.8, 4) is 0 Å². The number of benzene rings is 1. The number of aryl methyl sites for hydroxylation is 1. The van der Waals surface area contributed by atoms with Crippen LogP contribution in [0.25, 0.3) is 0 Å². The van der Waals surface area contributed by atoms with Gasteiger partial charge in [0.25, 0.3) is 10.1 Å². The van der Waals surface area contributed by atoms with Crippen LogP contribution in [0.2, 0.25) is 0 Å². The van der Waals surface area contributed by atoms with E-state index in [2.05, 4.69) is 4.18 Å². The van der Waals surface area contributed by atoms with E-state index in [-0.39, 0.29) is 10.5 Å². The molecule has 0 bridgehead atoms. The molecule has 16 heavy (non-hydrogen) atoms. The number of carbonyl (C=O) groups is 1. The number of carboxylic acids is 1. The van der Waals surface area contributed by atoms with Gasteiger partial charge in [-0.3, -0.25) is 4.18 Å². The van der Waals surface area contributed by atoms with E-state index in [1.54, 1.807) is 0 Å². The van der Waals surface area contributed by atoms with Gasteiger partial charge >= 0.3 is 5.97 Å². The van der Waals surface area contributed by atoms with Crippen LogP contribution in [-0.4, -0.2) is 26.1 Å².